The molecule has 1 amide bonds. The highest BCUT2D eigenvalue weighted by Crippen LogP contribution is 2.37. The van der Waals surface area contributed by atoms with Crippen molar-refractivity contribution in [1.82, 2.24) is 5.32 Å². The Balaban J connectivity index is 1.56. The fourth-order valence-electron chi connectivity index (χ4n) is 2.66. The molecule has 0 saturated heterocycles. The average Bonchev–Trinajstić information content (AvgIpc) is 3.02. The van der Waals surface area contributed by atoms with Gasteiger partial charge in [-0.05, 0) is 42.7 Å². The molecular formula is C19H19NO3S. The van der Waals surface area contributed by atoms with Gasteiger partial charge in [0.1, 0.15) is 0 Å². The van der Waals surface area contributed by atoms with Crippen molar-refractivity contribution in [3.05, 3.63) is 64.7 Å². The zero-order valence-electron chi connectivity index (χ0n) is 13.7. The Bertz CT molecular complexity index is 771. The molecule has 1 heterocycles. The molecule has 4 nitrogen and oxygen atoms in total. The van der Waals surface area contributed by atoms with Crippen LogP contribution in [0.1, 0.15) is 27.0 Å². The predicted molar refractivity (Wildman–Crippen MR) is 94.2 cm³/mol. The van der Waals surface area contributed by atoms with E-state index in [1.54, 1.807) is 23.9 Å². The summed E-state index contributed by atoms with van der Waals surface area (Å²) in [7, 11) is 1.36. The summed E-state index contributed by atoms with van der Waals surface area (Å²) in [5.41, 5.74) is 3.92. The second-order valence-electron chi connectivity index (χ2n) is 5.83. The molecule has 0 bridgehead atoms. The Labute approximate surface area is 145 Å². The van der Waals surface area contributed by atoms with E-state index in [4.69, 9.17) is 0 Å². The van der Waals surface area contributed by atoms with Gasteiger partial charge in [0.05, 0.1) is 17.9 Å². The Kier molecular flexibility index (Phi) is 4.90. The summed E-state index contributed by atoms with van der Waals surface area (Å²) in [6, 6.07) is 13.4. The van der Waals surface area contributed by atoms with Crippen molar-refractivity contribution in [2.24, 2.45) is 0 Å². The van der Waals surface area contributed by atoms with Crippen molar-refractivity contribution in [2.75, 3.05) is 7.11 Å². The smallest absolute Gasteiger partial charge is 0.337 e. The molecule has 24 heavy (non-hydrogen) atoms. The number of nitrogens with one attached hydrogen (secondary N) is 1. The molecule has 1 aliphatic heterocycles. The summed E-state index contributed by atoms with van der Waals surface area (Å²) in [5, 5.41) is 2.90. The van der Waals surface area contributed by atoms with Gasteiger partial charge in [-0.3, -0.25) is 4.79 Å². The van der Waals surface area contributed by atoms with Gasteiger partial charge in [-0.15, -0.1) is 11.8 Å². The first-order chi connectivity index (χ1) is 11.6. The molecule has 1 N–H and O–H groups in total. The Hall–Kier alpha value is -2.27. The number of aryl methyl sites for hydroxylation is 1. The number of carbonyl (C=O) groups excluding carboxylic acids is 2. The van der Waals surface area contributed by atoms with Gasteiger partial charge in [0.25, 0.3) is 0 Å². The highest BCUT2D eigenvalue weighted by molar-refractivity contribution is 8.01. The van der Waals surface area contributed by atoms with E-state index in [1.807, 2.05) is 12.1 Å². The van der Waals surface area contributed by atoms with Crippen LogP contribution in [-0.2, 0) is 22.5 Å². The van der Waals surface area contributed by atoms with Crippen LogP contribution in [0.5, 0.6) is 0 Å². The number of thioether (sulfide) groups is 1. The van der Waals surface area contributed by atoms with Crippen molar-refractivity contribution in [2.45, 2.75) is 30.0 Å². The number of esters is 1. The van der Waals surface area contributed by atoms with E-state index in [2.05, 4.69) is 35.2 Å². The molecule has 124 valence electrons. The number of hydrogen-bond donors (Lipinski definition) is 1. The van der Waals surface area contributed by atoms with Gasteiger partial charge in [0, 0.05) is 11.4 Å². The minimum absolute atomic E-state index is 0.0471. The van der Waals surface area contributed by atoms with Crippen LogP contribution < -0.4 is 5.32 Å². The third-order valence-corrected chi connectivity index (χ3v) is 5.33. The monoisotopic (exact) mass is 341 g/mol. The second kappa shape index (κ2) is 7.09. The maximum Gasteiger partial charge on any atom is 0.337 e. The third kappa shape index (κ3) is 3.62. The summed E-state index contributed by atoms with van der Waals surface area (Å²) >= 11 is 1.63. The van der Waals surface area contributed by atoms with Gasteiger partial charge in [0.15, 0.2) is 0 Å². The quantitative estimate of drug-likeness (QED) is 0.868. The summed E-state index contributed by atoms with van der Waals surface area (Å²) in [5.74, 6) is -0.313. The van der Waals surface area contributed by atoms with E-state index in [0.29, 0.717) is 12.1 Å². The minimum atomic E-state index is -0.360. The lowest BCUT2D eigenvalue weighted by atomic mass is 10.1. The summed E-state index contributed by atoms with van der Waals surface area (Å²) in [6.07, 6.45) is 0.771. The third-order valence-electron chi connectivity index (χ3n) is 4.03. The maximum absolute atomic E-state index is 12.4. The molecule has 5 heteroatoms. The first-order valence-corrected chi connectivity index (χ1v) is 8.66. The van der Waals surface area contributed by atoms with Gasteiger partial charge in [-0.2, -0.15) is 0 Å². The molecule has 0 unspecified atom stereocenters. The van der Waals surface area contributed by atoms with Crippen LogP contribution in [0.2, 0.25) is 0 Å². The van der Waals surface area contributed by atoms with Crippen LogP contribution in [0.3, 0.4) is 0 Å². The van der Waals surface area contributed by atoms with Crippen LogP contribution in [0.15, 0.2) is 47.4 Å². The molecule has 3 rings (SSSR count). The zero-order valence-corrected chi connectivity index (χ0v) is 14.5. The Morgan fingerprint density at radius 3 is 2.67 bits per heavy atom. The van der Waals surface area contributed by atoms with Crippen molar-refractivity contribution >= 4 is 23.6 Å². The van der Waals surface area contributed by atoms with E-state index in [9.17, 15) is 9.59 Å². The van der Waals surface area contributed by atoms with E-state index in [-0.39, 0.29) is 17.1 Å². The van der Waals surface area contributed by atoms with E-state index >= 15 is 0 Å². The Morgan fingerprint density at radius 1 is 1.21 bits per heavy atom. The average molecular weight is 341 g/mol. The number of ether oxygens (including phenoxy) is 1. The lowest BCUT2D eigenvalue weighted by molar-refractivity contribution is -0.120. The number of benzene rings is 2. The predicted octanol–water partition coefficient (Wildman–Crippen LogP) is 3.11. The number of hydrogen-bond acceptors (Lipinski definition) is 4. The first-order valence-electron chi connectivity index (χ1n) is 7.78. The molecule has 1 atom stereocenters. The molecule has 2 aromatic carbocycles. The molecule has 2 aromatic rings. The number of fused-ring (bicyclic) bond motifs is 1. The summed E-state index contributed by atoms with van der Waals surface area (Å²) in [6.45, 7) is 2.51. The van der Waals surface area contributed by atoms with Crippen LogP contribution in [0, 0.1) is 6.92 Å². The lowest BCUT2D eigenvalue weighted by Crippen LogP contribution is -2.31. The highest BCUT2D eigenvalue weighted by atomic mass is 32.2. The number of amides is 1. The molecule has 0 spiro atoms. The fraction of sp³-hybridized carbons (Fsp3) is 0.263. The topological polar surface area (TPSA) is 55.4 Å². The van der Waals surface area contributed by atoms with Crippen molar-refractivity contribution < 1.29 is 14.3 Å². The van der Waals surface area contributed by atoms with Crippen LogP contribution >= 0.6 is 11.8 Å². The molecule has 0 aromatic heterocycles. The van der Waals surface area contributed by atoms with Crippen LogP contribution in [0.4, 0.5) is 0 Å². The number of carbonyl (C=O) groups is 2. The number of rotatable bonds is 4. The van der Waals surface area contributed by atoms with Gasteiger partial charge < -0.3 is 10.1 Å². The zero-order chi connectivity index (χ0) is 17.1. The van der Waals surface area contributed by atoms with Crippen molar-refractivity contribution in [3.63, 3.8) is 0 Å². The molecule has 0 fully saturated rings. The summed E-state index contributed by atoms with van der Waals surface area (Å²) in [4.78, 5) is 25.0. The summed E-state index contributed by atoms with van der Waals surface area (Å²) < 4.78 is 4.67. The van der Waals surface area contributed by atoms with Crippen LogP contribution in [-0.4, -0.2) is 24.2 Å². The van der Waals surface area contributed by atoms with Gasteiger partial charge >= 0.3 is 5.97 Å². The van der Waals surface area contributed by atoms with Gasteiger partial charge in [-0.1, -0.05) is 29.8 Å². The van der Waals surface area contributed by atoms with E-state index in [1.165, 1.54) is 23.1 Å². The van der Waals surface area contributed by atoms with Crippen molar-refractivity contribution in [3.8, 4) is 0 Å². The largest absolute Gasteiger partial charge is 0.465 e. The van der Waals surface area contributed by atoms with Gasteiger partial charge in [0.2, 0.25) is 5.91 Å². The van der Waals surface area contributed by atoms with E-state index in [0.717, 1.165) is 12.0 Å². The SMILES string of the molecule is COC(=O)c1ccc(CNC(=O)[C@H]2Cc3ccc(C)cc3S2)cc1. The molecule has 1 aliphatic rings. The van der Waals surface area contributed by atoms with Gasteiger partial charge in [-0.25, -0.2) is 4.79 Å². The van der Waals surface area contributed by atoms with Crippen LogP contribution in [0.25, 0.3) is 0 Å². The van der Waals surface area contributed by atoms with E-state index < -0.39 is 0 Å². The standard InChI is InChI=1S/C19H19NO3S/c1-12-3-6-15-10-17(24-16(15)9-12)18(21)20-11-13-4-7-14(8-5-13)19(22)23-2/h3-9,17H,10-11H2,1-2H3,(H,20,21)/t17-/m1/s1. The minimum Gasteiger partial charge on any atom is -0.465 e. The highest BCUT2D eigenvalue weighted by Gasteiger charge is 2.28. The first kappa shape index (κ1) is 16.6. The molecular weight excluding hydrogens is 322 g/mol. The Morgan fingerprint density at radius 2 is 1.96 bits per heavy atom. The number of methoxy groups -OCH3 is 1. The maximum atomic E-state index is 12.4. The lowest BCUT2D eigenvalue weighted by Gasteiger charge is -2.10. The van der Waals surface area contributed by atoms with Crippen molar-refractivity contribution in [1.29, 1.82) is 0 Å². The molecule has 0 aliphatic carbocycles. The normalized spacial score (nSPS) is 15.7. The second-order valence-corrected chi connectivity index (χ2v) is 7.07. The molecule has 0 saturated carbocycles. The fourth-order valence-corrected chi connectivity index (χ4v) is 3.98. The molecule has 0 radical (unpaired) electrons.